The summed E-state index contributed by atoms with van der Waals surface area (Å²) in [6.45, 7) is 6.20. The van der Waals surface area contributed by atoms with Crippen LogP contribution in [0.5, 0.6) is 0 Å². The van der Waals surface area contributed by atoms with Gasteiger partial charge in [-0.3, -0.25) is 4.79 Å². The molecule has 7 heteroatoms. The van der Waals surface area contributed by atoms with Gasteiger partial charge in [0, 0.05) is 18.6 Å². The number of methoxy groups -OCH3 is 1. The molecule has 1 fully saturated rings. The molecule has 2 rings (SSSR count). The number of carboxylic acid groups (broad SMARTS) is 1. The molecule has 0 radical (unpaired) electrons. The van der Waals surface area contributed by atoms with Gasteiger partial charge < -0.3 is 14.4 Å². The molecule has 0 spiro atoms. The zero-order valence-electron chi connectivity index (χ0n) is 11.6. The topological polar surface area (TPSA) is 77.2 Å². The Morgan fingerprint density at radius 3 is 2.79 bits per heavy atom. The highest BCUT2D eigenvalue weighted by atomic mass is 32.2. The molecule has 0 aromatic carbocycles. The lowest BCUT2D eigenvalue weighted by Crippen LogP contribution is -2.51. The Morgan fingerprint density at radius 1 is 1.58 bits per heavy atom. The molecule has 6 nitrogen and oxygen atoms in total. The normalized spacial score (nSPS) is 25.1. The van der Waals surface area contributed by atoms with Gasteiger partial charge in [-0.15, -0.1) is 10.2 Å². The average molecular weight is 285 g/mol. The molecule has 1 heterocycles. The first-order chi connectivity index (χ1) is 8.87. The Morgan fingerprint density at radius 2 is 2.26 bits per heavy atom. The van der Waals surface area contributed by atoms with Gasteiger partial charge >= 0.3 is 5.97 Å². The Hall–Kier alpha value is -1.08. The molecule has 0 amide bonds. The minimum absolute atomic E-state index is 0.000420. The molecule has 0 bridgehead atoms. The Bertz CT molecular complexity index is 487. The zero-order valence-corrected chi connectivity index (χ0v) is 12.4. The van der Waals surface area contributed by atoms with Gasteiger partial charge in [0.2, 0.25) is 0 Å². The van der Waals surface area contributed by atoms with Crippen LogP contribution < -0.4 is 0 Å². The van der Waals surface area contributed by atoms with E-state index in [-0.39, 0.29) is 23.3 Å². The number of ether oxygens (including phenoxy) is 1. The fourth-order valence-corrected chi connectivity index (χ4v) is 3.39. The third-order valence-electron chi connectivity index (χ3n) is 3.88. The van der Waals surface area contributed by atoms with Gasteiger partial charge in [0.15, 0.2) is 5.16 Å². The van der Waals surface area contributed by atoms with Gasteiger partial charge in [0.25, 0.3) is 0 Å². The molecular formula is C12H19N3O3S. The molecule has 1 aliphatic carbocycles. The summed E-state index contributed by atoms with van der Waals surface area (Å²) >= 11 is 1.21. The summed E-state index contributed by atoms with van der Waals surface area (Å²) in [6, 6.07) is 0.253. The standard InChI is InChI=1S/C12H19N3O3S/c1-7-13-14-11(19-6-10(16)17)15(7)8-5-9(18-4)12(8,2)3/h8-9H,5-6H2,1-4H3,(H,16,17). The summed E-state index contributed by atoms with van der Waals surface area (Å²) in [6.07, 6.45) is 1.12. The smallest absolute Gasteiger partial charge is 0.313 e. The number of aryl methyl sites for hydroxylation is 1. The van der Waals surface area contributed by atoms with E-state index in [1.807, 2.05) is 11.5 Å². The van der Waals surface area contributed by atoms with Gasteiger partial charge in [-0.2, -0.15) is 0 Å². The van der Waals surface area contributed by atoms with Crippen LogP contribution in [0.1, 0.15) is 32.1 Å². The van der Waals surface area contributed by atoms with Crippen molar-refractivity contribution < 1.29 is 14.6 Å². The molecule has 19 heavy (non-hydrogen) atoms. The van der Waals surface area contributed by atoms with Gasteiger partial charge in [-0.1, -0.05) is 25.6 Å². The zero-order chi connectivity index (χ0) is 14.2. The second kappa shape index (κ2) is 5.13. The summed E-state index contributed by atoms with van der Waals surface area (Å²) < 4.78 is 7.50. The van der Waals surface area contributed by atoms with Gasteiger partial charge in [-0.05, 0) is 13.3 Å². The van der Waals surface area contributed by atoms with Gasteiger partial charge in [0.1, 0.15) is 5.82 Å². The average Bonchev–Trinajstić information content (AvgIpc) is 2.68. The van der Waals surface area contributed by atoms with Crippen molar-refractivity contribution in [3.8, 4) is 0 Å². The second-order valence-corrected chi connectivity index (χ2v) is 6.32. The Labute approximate surface area is 116 Å². The number of hydrogen-bond acceptors (Lipinski definition) is 5. The van der Waals surface area contributed by atoms with Crippen LogP contribution >= 0.6 is 11.8 Å². The molecule has 1 aromatic rings. The Kier molecular flexibility index (Phi) is 3.87. The minimum atomic E-state index is -0.847. The quantitative estimate of drug-likeness (QED) is 0.830. The van der Waals surface area contributed by atoms with Crippen LogP contribution in [0.25, 0.3) is 0 Å². The predicted molar refractivity (Wildman–Crippen MR) is 71.4 cm³/mol. The van der Waals surface area contributed by atoms with Crippen molar-refractivity contribution in [2.45, 2.75) is 44.5 Å². The van der Waals surface area contributed by atoms with E-state index in [1.54, 1.807) is 7.11 Å². The first kappa shape index (κ1) is 14.3. The molecule has 1 aliphatic rings. The van der Waals surface area contributed by atoms with E-state index in [2.05, 4.69) is 24.0 Å². The predicted octanol–water partition coefficient (Wildman–Crippen LogP) is 1.75. The maximum atomic E-state index is 10.7. The SMILES string of the molecule is COC1CC(n2c(C)nnc2SCC(=O)O)C1(C)C. The van der Waals surface area contributed by atoms with Crippen molar-refractivity contribution in [2.24, 2.45) is 5.41 Å². The van der Waals surface area contributed by atoms with Crippen LogP contribution in [0.3, 0.4) is 0 Å². The van der Waals surface area contributed by atoms with Crippen LogP contribution in [-0.4, -0.2) is 44.8 Å². The van der Waals surface area contributed by atoms with Crippen molar-refractivity contribution >= 4 is 17.7 Å². The number of aliphatic carboxylic acids is 1. The lowest BCUT2D eigenvalue weighted by Gasteiger charge is -2.51. The van der Waals surface area contributed by atoms with Gasteiger partial charge in [-0.25, -0.2) is 0 Å². The van der Waals surface area contributed by atoms with Crippen molar-refractivity contribution in [2.75, 3.05) is 12.9 Å². The van der Waals surface area contributed by atoms with Crippen molar-refractivity contribution in [1.29, 1.82) is 0 Å². The maximum absolute atomic E-state index is 10.7. The highest BCUT2D eigenvalue weighted by Crippen LogP contribution is 2.52. The number of nitrogens with zero attached hydrogens (tertiary/aromatic N) is 3. The van der Waals surface area contributed by atoms with Crippen LogP contribution in [0, 0.1) is 12.3 Å². The number of aromatic nitrogens is 3. The third-order valence-corrected chi connectivity index (χ3v) is 4.81. The summed E-state index contributed by atoms with van der Waals surface area (Å²) in [5, 5.41) is 17.6. The molecule has 1 N–H and O–H groups in total. The van der Waals surface area contributed by atoms with Crippen LogP contribution in [-0.2, 0) is 9.53 Å². The number of carbonyl (C=O) groups is 1. The molecule has 1 saturated carbocycles. The lowest BCUT2D eigenvalue weighted by molar-refractivity contribution is -0.133. The molecular weight excluding hydrogens is 266 g/mol. The van der Waals surface area contributed by atoms with Crippen LogP contribution in [0.15, 0.2) is 5.16 Å². The van der Waals surface area contributed by atoms with Crippen molar-refractivity contribution in [3.63, 3.8) is 0 Å². The number of hydrogen-bond donors (Lipinski definition) is 1. The summed E-state index contributed by atoms with van der Waals surface area (Å²) in [5.74, 6) is -0.0285. The highest BCUT2D eigenvalue weighted by molar-refractivity contribution is 7.99. The molecule has 106 valence electrons. The molecule has 2 atom stereocenters. The van der Waals surface area contributed by atoms with E-state index >= 15 is 0 Å². The fraction of sp³-hybridized carbons (Fsp3) is 0.750. The highest BCUT2D eigenvalue weighted by Gasteiger charge is 2.50. The minimum Gasteiger partial charge on any atom is -0.481 e. The summed E-state index contributed by atoms with van der Waals surface area (Å²) in [4.78, 5) is 10.7. The first-order valence-corrected chi connectivity index (χ1v) is 7.15. The number of thioether (sulfide) groups is 1. The van der Waals surface area contributed by atoms with Gasteiger partial charge in [0.05, 0.1) is 11.9 Å². The van der Waals surface area contributed by atoms with Crippen LogP contribution in [0.2, 0.25) is 0 Å². The number of carboxylic acids is 1. The Balaban J connectivity index is 2.21. The number of rotatable bonds is 5. The van der Waals surface area contributed by atoms with E-state index in [9.17, 15) is 4.79 Å². The molecule has 1 aromatic heterocycles. The largest absolute Gasteiger partial charge is 0.481 e. The summed E-state index contributed by atoms with van der Waals surface area (Å²) in [5.41, 5.74) is 0.000420. The van der Waals surface area contributed by atoms with E-state index in [1.165, 1.54) is 11.8 Å². The van der Waals surface area contributed by atoms with Crippen molar-refractivity contribution in [3.05, 3.63) is 5.82 Å². The van der Waals surface area contributed by atoms with E-state index < -0.39 is 5.97 Å². The third kappa shape index (κ3) is 2.49. The lowest BCUT2D eigenvalue weighted by atomic mass is 9.64. The van der Waals surface area contributed by atoms with Crippen LogP contribution in [0.4, 0.5) is 0 Å². The van der Waals surface area contributed by atoms with E-state index in [4.69, 9.17) is 9.84 Å². The monoisotopic (exact) mass is 285 g/mol. The molecule has 0 saturated heterocycles. The van der Waals surface area contributed by atoms with Crippen molar-refractivity contribution in [1.82, 2.24) is 14.8 Å². The maximum Gasteiger partial charge on any atom is 0.313 e. The second-order valence-electron chi connectivity index (χ2n) is 5.38. The summed E-state index contributed by atoms with van der Waals surface area (Å²) in [7, 11) is 1.72. The first-order valence-electron chi connectivity index (χ1n) is 6.16. The molecule has 0 aliphatic heterocycles. The van der Waals surface area contributed by atoms with E-state index in [0.717, 1.165) is 12.2 Å². The van der Waals surface area contributed by atoms with E-state index in [0.29, 0.717) is 5.16 Å². The molecule has 2 unspecified atom stereocenters. The fourth-order valence-electron chi connectivity index (χ4n) is 2.64.